The monoisotopic (exact) mass is 604 g/mol. The van der Waals surface area contributed by atoms with Crippen LogP contribution in [0.15, 0.2) is 53.6 Å². The number of aryl methyl sites for hydroxylation is 1. The van der Waals surface area contributed by atoms with Gasteiger partial charge in [-0.05, 0) is 74.5 Å². The summed E-state index contributed by atoms with van der Waals surface area (Å²) in [6.07, 6.45) is 6.82. The number of piperazine rings is 1. The number of nitrogens with zero attached hydrogens (tertiary/aromatic N) is 4. The summed E-state index contributed by atoms with van der Waals surface area (Å²) in [5.41, 5.74) is 6.11. The minimum Gasteiger partial charge on any atom is -0.298 e. The van der Waals surface area contributed by atoms with E-state index in [1.54, 1.807) is 12.3 Å². The number of sulfone groups is 1. The highest BCUT2D eigenvalue weighted by atomic mass is 32.2. The van der Waals surface area contributed by atoms with E-state index in [2.05, 4.69) is 60.8 Å². The first-order valence-electron chi connectivity index (χ1n) is 15.0. The number of hydrogen-bond acceptors (Lipinski definition) is 7. The second-order valence-electron chi connectivity index (χ2n) is 12.1. The van der Waals surface area contributed by atoms with E-state index in [0.29, 0.717) is 30.7 Å². The summed E-state index contributed by atoms with van der Waals surface area (Å²) in [6, 6.07) is 11.2. The summed E-state index contributed by atoms with van der Waals surface area (Å²) >= 11 is 0. The molecule has 2 heterocycles. The number of allylic oxidation sites excluding steroid dienone is 1. The fourth-order valence-electron chi connectivity index (χ4n) is 6.51. The molecule has 43 heavy (non-hydrogen) atoms. The van der Waals surface area contributed by atoms with Crippen molar-refractivity contribution < 1.29 is 17.6 Å². The van der Waals surface area contributed by atoms with E-state index in [4.69, 9.17) is 4.98 Å². The second kappa shape index (κ2) is 12.4. The summed E-state index contributed by atoms with van der Waals surface area (Å²) in [4.78, 5) is 27.4. The topological polar surface area (TPSA) is 83.5 Å². The molecule has 1 saturated heterocycles. The van der Waals surface area contributed by atoms with Gasteiger partial charge in [0.1, 0.15) is 16.5 Å². The highest BCUT2D eigenvalue weighted by Crippen LogP contribution is 2.36. The maximum atomic E-state index is 15.1. The number of hydrogen-bond donors (Lipinski definition) is 0. The molecule has 0 saturated carbocycles. The van der Waals surface area contributed by atoms with Crippen LogP contribution in [0.4, 0.5) is 4.39 Å². The minimum atomic E-state index is -3.70. The van der Waals surface area contributed by atoms with Crippen LogP contribution < -0.4 is 0 Å². The first kappa shape index (κ1) is 31.2. The number of fused-ring (bicyclic) bond motifs is 1. The van der Waals surface area contributed by atoms with E-state index < -0.39 is 15.7 Å². The molecule has 3 aromatic rings. The lowest BCUT2D eigenvalue weighted by Crippen LogP contribution is -2.59. The van der Waals surface area contributed by atoms with Crippen molar-refractivity contribution in [3.63, 3.8) is 0 Å². The van der Waals surface area contributed by atoms with E-state index in [-0.39, 0.29) is 28.7 Å². The molecule has 0 N–H and O–H groups in total. The molecule has 7 nitrogen and oxygen atoms in total. The van der Waals surface area contributed by atoms with Crippen LogP contribution in [0, 0.1) is 12.7 Å². The van der Waals surface area contributed by atoms with Gasteiger partial charge in [-0.2, -0.15) is 0 Å². The number of carbonyl (C=O) groups excluding carboxylic acids is 1. The van der Waals surface area contributed by atoms with Gasteiger partial charge in [-0.1, -0.05) is 43.3 Å². The summed E-state index contributed by atoms with van der Waals surface area (Å²) in [5, 5.41) is 0. The van der Waals surface area contributed by atoms with Crippen LogP contribution in [-0.4, -0.2) is 78.5 Å². The number of benzene rings is 2. The predicted molar refractivity (Wildman–Crippen MR) is 167 cm³/mol. The Balaban J connectivity index is 1.38. The molecule has 9 heteroatoms. The fraction of sp³-hybridized carbons (Fsp3) is 0.441. The zero-order valence-electron chi connectivity index (χ0n) is 25.9. The number of Topliss-reactive ketones (excluding diaryl/α,β-unsaturated/α-hetero) is 1. The van der Waals surface area contributed by atoms with Crippen molar-refractivity contribution in [3.05, 3.63) is 93.8 Å². The van der Waals surface area contributed by atoms with Gasteiger partial charge in [0.05, 0.1) is 11.7 Å². The normalized spacial score (nSPS) is 20.1. The zero-order chi connectivity index (χ0) is 31.1. The Hall–Kier alpha value is -3.27. The Labute approximate surface area is 254 Å². The first-order valence-corrected chi connectivity index (χ1v) is 16.9. The van der Waals surface area contributed by atoms with E-state index in [1.807, 2.05) is 13.0 Å². The summed E-state index contributed by atoms with van der Waals surface area (Å²) < 4.78 is 39.1. The summed E-state index contributed by atoms with van der Waals surface area (Å²) in [6.45, 7) is 10.3. The molecular weight excluding hydrogens is 563 g/mol. The van der Waals surface area contributed by atoms with Gasteiger partial charge < -0.3 is 0 Å². The van der Waals surface area contributed by atoms with Crippen LogP contribution in [0.25, 0.3) is 5.57 Å². The molecule has 0 radical (unpaired) electrons. The van der Waals surface area contributed by atoms with Gasteiger partial charge in [0.15, 0.2) is 15.6 Å². The molecule has 0 spiro atoms. The Kier molecular flexibility index (Phi) is 8.97. The second-order valence-corrected chi connectivity index (χ2v) is 14.1. The van der Waals surface area contributed by atoms with Crippen molar-refractivity contribution >= 4 is 21.2 Å². The van der Waals surface area contributed by atoms with Gasteiger partial charge >= 0.3 is 0 Å². The van der Waals surface area contributed by atoms with Gasteiger partial charge in [0, 0.05) is 56.0 Å². The molecular formula is C34H41FN4O3S. The van der Waals surface area contributed by atoms with Crippen molar-refractivity contribution in [1.82, 2.24) is 19.8 Å². The smallest absolute Gasteiger partial charge is 0.178 e. The van der Waals surface area contributed by atoms with Gasteiger partial charge in [0.2, 0.25) is 0 Å². The summed E-state index contributed by atoms with van der Waals surface area (Å²) in [5.74, 6) is -0.0965. The summed E-state index contributed by atoms with van der Waals surface area (Å²) in [7, 11) is -1.54. The van der Waals surface area contributed by atoms with Gasteiger partial charge in [0.25, 0.3) is 0 Å². The highest BCUT2D eigenvalue weighted by molar-refractivity contribution is 7.90. The molecule has 228 valence electrons. The lowest BCUT2D eigenvalue weighted by atomic mass is 9.92. The average Bonchev–Trinajstić information content (AvgIpc) is 3.38. The SMILES string of the molecule is CC[C@@H](C(=O)Cc1cccc2c1CC=C2c1nc(Cc2cccc(S(C)(=O)=O)c2F)ncc1C)N1C[C@H](C)N(C)[C@@H](C)C1. The zero-order valence-corrected chi connectivity index (χ0v) is 26.7. The molecule has 0 amide bonds. The lowest BCUT2D eigenvalue weighted by molar-refractivity contribution is -0.125. The van der Waals surface area contributed by atoms with Crippen LogP contribution in [0.1, 0.15) is 66.5 Å². The van der Waals surface area contributed by atoms with E-state index in [1.165, 1.54) is 12.1 Å². The van der Waals surface area contributed by atoms with Crippen molar-refractivity contribution in [2.45, 2.75) is 76.4 Å². The van der Waals surface area contributed by atoms with Crippen LogP contribution >= 0.6 is 0 Å². The van der Waals surface area contributed by atoms with Crippen LogP contribution in [0.3, 0.4) is 0 Å². The molecule has 2 aliphatic rings. The fourth-order valence-corrected chi connectivity index (χ4v) is 7.30. The quantitative estimate of drug-likeness (QED) is 0.346. The molecule has 1 aliphatic carbocycles. The van der Waals surface area contributed by atoms with E-state index in [9.17, 15) is 13.2 Å². The van der Waals surface area contributed by atoms with Crippen LogP contribution in [0.5, 0.6) is 0 Å². The molecule has 1 aliphatic heterocycles. The number of halogens is 1. The maximum absolute atomic E-state index is 15.1. The van der Waals surface area contributed by atoms with E-state index >= 15 is 4.39 Å². The third kappa shape index (κ3) is 6.35. The molecule has 0 unspecified atom stereocenters. The van der Waals surface area contributed by atoms with Gasteiger partial charge in [-0.15, -0.1) is 0 Å². The molecule has 5 rings (SSSR count). The highest BCUT2D eigenvalue weighted by Gasteiger charge is 2.33. The Morgan fingerprint density at radius 2 is 1.77 bits per heavy atom. The Morgan fingerprint density at radius 3 is 2.44 bits per heavy atom. The first-order chi connectivity index (χ1) is 20.4. The predicted octanol–water partition coefficient (Wildman–Crippen LogP) is 4.82. The number of likely N-dealkylation sites (N-methyl/N-ethyl adjacent to an activating group) is 1. The molecule has 3 atom stereocenters. The molecule has 1 aromatic heterocycles. The number of carbonyl (C=O) groups is 1. The van der Waals surface area contributed by atoms with Crippen molar-refractivity contribution in [1.29, 1.82) is 0 Å². The standard InChI is InChI=1S/C34H41FN4O3S/c1-7-29(39-19-22(3)38(5)23(4)20-39)30(40)16-24-10-8-12-27-26(24)14-15-28(27)34-21(2)18-36-32(37-34)17-25-11-9-13-31(33(25)35)43(6,41)42/h8-13,15,18,22-23,29H,7,14,16-17,19-20H2,1-6H3/t22-,23-,29-/m0/s1. The van der Waals surface area contributed by atoms with Crippen molar-refractivity contribution in [2.75, 3.05) is 26.4 Å². The lowest BCUT2D eigenvalue weighted by Gasteiger charge is -2.45. The third-order valence-electron chi connectivity index (χ3n) is 9.09. The van der Waals surface area contributed by atoms with Gasteiger partial charge in [-0.3, -0.25) is 14.6 Å². The Morgan fingerprint density at radius 1 is 1.09 bits per heavy atom. The molecule has 2 aromatic carbocycles. The molecule has 1 fully saturated rings. The number of aromatic nitrogens is 2. The van der Waals surface area contributed by atoms with Gasteiger partial charge in [-0.25, -0.2) is 22.8 Å². The van der Waals surface area contributed by atoms with Crippen molar-refractivity contribution in [2.24, 2.45) is 0 Å². The number of ketones is 1. The van der Waals surface area contributed by atoms with Crippen LogP contribution in [0.2, 0.25) is 0 Å². The van der Waals surface area contributed by atoms with E-state index in [0.717, 1.165) is 59.3 Å². The number of rotatable bonds is 9. The van der Waals surface area contributed by atoms with Crippen molar-refractivity contribution in [3.8, 4) is 0 Å². The maximum Gasteiger partial charge on any atom is 0.178 e. The average molecular weight is 605 g/mol. The Bertz CT molecular complexity index is 1670. The molecule has 0 bridgehead atoms. The largest absolute Gasteiger partial charge is 0.298 e. The van der Waals surface area contributed by atoms with Crippen LogP contribution in [-0.2, 0) is 33.9 Å². The minimum absolute atomic E-state index is 0.0685. The third-order valence-corrected chi connectivity index (χ3v) is 10.2.